The third kappa shape index (κ3) is 7.21. The number of carbonyl (C=O) groups excluding carboxylic acids is 2. The molecule has 1 N–H and O–H groups in total. The summed E-state index contributed by atoms with van der Waals surface area (Å²) in [5.41, 5.74) is 1.26. The highest BCUT2D eigenvalue weighted by Gasteiger charge is 2.45. The Bertz CT molecular complexity index is 1060. The van der Waals surface area contributed by atoms with Crippen molar-refractivity contribution in [1.82, 2.24) is 15.1 Å². The number of unbranched alkanes of at least 4 members (excludes halogenated alkanes) is 1. The number of piperidine rings is 1. The first-order chi connectivity index (χ1) is 19.1. The molecular formula is C33H45N3O3. The minimum absolute atomic E-state index is 0.0824. The number of rotatable bonds is 10. The Morgan fingerprint density at radius 3 is 2.26 bits per heavy atom. The monoisotopic (exact) mass is 531 g/mol. The Hall–Kier alpha value is -2.86. The summed E-state index contributed by atoms with van der Waals surface area (Å²) in [6.45, 7) is 5.63. The summed E-state index contributed by atoms with van der Waals surface area (Å²) >= 11 is 0. The van der Waals surface area contributed by atoms with Gasteiger partial charge in [-0.2, -0.15) is 0 Å². The standard InChI is InChI=1S/C33H45N3O3/c1-2-3-20-36-31(32(37)34-30(33(36)38)23-25-10-6-4-7-11-25)27-18-21-35(22-19-27)24-26-14-16-29(17-15-26)39-28-12-8-5-9-13-28/h5,8-9,12-17,25,27,30-31H,2-4,6-7,10-11,18-24H2,1H3,(H,34,37)/t30-,31?/m0/s1. The lowest BCUT2D eigenvalue weighted by atomic mass is 9.82. The molecule has 2 heterocycles. The van der Waals surface area contributed by atoms with E-state index in [0.29, 0.717) is 12.5 Å². The Balaban J connectivity index is 1.15. The van der Waals surface area contributed by atoms with E-state index in [1.807, 2.05) is 47.4 Å². The van der Waals surface area contributed by atoms with Gasteiger partial charge in [0.2, 0.25) is 11.8 Å². The van der Waals surface area contributed by atoms with Crippen LogP contribution in [0.3, 0.4) is 0 Å². The van der Waals surface area contributed by atoms with Crippen LogP contribution in [0.15, 0.2) is 54.6 Å². The van der Waals surface area contributed by atoms with E-state index in [2.05, 4.69) is 29.3 Å². The summed E-state index contributed by atoms with van der Waals surface area (Å²) in [5, 5.41) is 3.19. The van der Waals surface area contributed by atoms with Crippen molar-refractivity contribution in [3.8, 4) is 11.5 Å². The van der Waals surface area contributed by atoms with E-state index in [1.54, 1.807) is 0 Å². The first-order valence-corrected chi connectivity index (χ1v) is 15.3. The summed E-state index contributed by atoms with van der Waals surface area (Å²) in [6, 6.07) is 17.5. The number of amides is 2. The third-order valence-corrected chi connectivity index (χ3v) is 8.94. The molecule has 0 radical (unpaired) electrons. The SMILES string of the molecule is CCCCN1C(=O)[C@H](CC2CCCCC2)NC(=O)C1C1CCN(Cc2ccc(Oc3ccccc3)cc2)CC1. The normalized spacial score (nSPS) is 23.6. The zero-order valence-electron chi connectivity index (χ0n) is 23.5. The molecule has 210 valence electrons. The van der Waals surface area contributed by atoms with Gasteiger partial charge in [0.05, 0.1) is 0 Å². The second kappa shape index (κ2) is 13.5. The molecule has 0 bridgehead atoms. The van der Waals surface area contributed by atoms with Gasteiger partial charge >= 0.3 is 0 Å². The number of piperazine rings is 1. The fourth-order valence-corrected chi connectivity index (χ4v) is 6.73. The van der Waals surface area contributed by atoms with Crippen LogP contribution in [0.1, 0.15) is 76.7 Å². The number of hydrogen-bond acceptors (Lipinski definition) is 4. The second-order valence-corrected chi connectivity index (χ2v) is 11.8. The first-order valence-electron chi connectivity index (χ1n) is 15.3. The smallest absolute Gasteiger partial charge is 0.245 e. The van der Waals surface area contributed by atoms with Gasteiger partial charge in [-0.1, -0.05) is 75.8 Å². The number of nitrogens with zero attached hydrogens (tertiary/aromatic N) is 2. The highest BCUT2D eigenvalue weighted by Crippen LogP contribution is 2.32. The minimum atomic E-state index is -0.331. The Kier molecular flexibility index (Phi) is 9.57. The molecule has 2 aromatic rings. The van der Waals surface area contributed by atoms with Crippen LogP contribution >= 0.6 is 0 Å². The van der Waals surface area contributed by atoms with Gasteiger partial charge < -0.3 is 15.0 Å². The lowest BCUT2D eigenvalue weighted by molar-refractivity contribution is -0.153. The van der Waals surface area contributed by atoms with Gasteiger partial charge in [-0.15, -0.1) is 0 Å². The molecule has 1 unspecified atom stereocenters. The van der Waals surface area contributed by atoms with Crippen LogP contribution in [0.5, 0.6) is 11.5 Å². The fraction of sp³-hybridized carbons (Fsp3) is 0.576. The van der Waals surface area contributed by atoms with E-state index in [1.165, 1.54) is 37.7 Å². The molecule has 6 heteroatoms. The summed E-state index contributed by atoms with van der Waals surface area (Å²) in [6.07, 6.45) is 10.9. The number of nitrogens with one attached hydrogen (secondary N) is 1. The lowest BCUT2D eigenvalue weighted by Gasteiger charge is -2.45. The third-order valence-electron chi connectivity index (χ3n) is 8.94. The van der Waals surface area contributed by atoms with Crippen LogP contribution in [0.25, 0.3) is 0 Å². The Morgan fingerprint density at radius 1 is 0.872 bits per heavy atom. The number of carbonyl (C=O) groups is 2. The van der Waals surface area contributed by atoms with Crippen LogP contribution in [-0.4, -0.2) is 53.3 Å². The van der Waals surface area contributed by atoms with Crippen LogP contribution in [-0.2, 0) is 16.1 Å². The van der Waals surface area contributed by atoms with Gasteiger partial charge in [0.15, 0.2) is 0 Å². The number of benzene rings is 2. The maximum absolute atomic E-state index is 13.6. The molecule has 1 saturated carbocycles. The Morgan fingerprint density at radius 2 is 1.56 bits per heavy atom. The van der Waals surface area contributed by atoms with Gasteiger partial charge in [0.25, 0.3) is 0 Å². The van der Waals surface area contributed by atoms with E-state index in [4.69, 9.17) is 4.74 Å². The summed E-state index contributed by atoms with van der Waals surface area (Å²) in [5.74, 6) is 2.72. The van der Waals surface area contributed by atoms with E-state index < -0.39 is 0 Å². The van der Waals surface area contributed by atoms with E-state index in [-0.39, 0.29) is 29.8 Å². The van der Waals surface area contributed by atoms with Gasteiger partial charge in [-0.05, 0) is 80.4 Å². The number of ether oxygens (including phenoxy) is 1. The number of para-hydroxylation sites is 1. The molecule has 0 spiro atoms. The molecule has 39 heavy (non-hydrogen) atoms. The van der Waals surface area contributed by atoms with Crippen molar-refractivity contribution in [3.05, 3.63) is 60.2 Å². The molecule has 3 fully saturated rings. The van der Waals surface area contributed by atoms with Crippen molar-refractivity contribution in [2.24, 2.45) is 11.8 Å². The fourth-order valence-electron chi connectivity index (χ4n) is 6.73. The van der Waals surface area contributed by atoms with Crippen molar-refractivity contribution >= 4 is 11.8 Å². The molecule has 2 atom stereocenters. The average Bonchev–Trinajstić information content (AvgIpc) is 2.97. The maximum atomic E-state index is 13.6. The molecule has 2 saturated heterocycles. The molecule has 5 rings (SSSR count). The van der Waals surface area contributed by atoms with Crippen molar-refractivity contribution in [1.29, 1.82) is 0 Å². The molecule has 6 nitrogen and oxygen atoms in total. The predicted molar refractivity (Wildman–Crippen MR) is 154 cm³/mol. The van der Waals surface area contributed by atoms with Crippen LogP contribution < -0.4 is 10.1 Å². The summed E-state index contributed by atoms with van der Waals surface area (Å²) in [7, 11) is 0. The van der Waals surface area contributed by atoms with Gasteiger partial charge in [-0.25, -0.2) is 0 Å². The summed E-state index contributed by atoms with van der Waals surface area (Å²) < 4.78 is 5.93. The molecular weight excluding hydrogens is 486 g/mol. The van der Waals surface area contributed by atoms with E-state index >= 15 is 0 Å². The highest BCUT2D eigenvalue weighted by atomic mass is 16.5. The van der Waals surface area contributed by atoms with Gasteiger partial charge in [-0.3, -0.25) is 14.5 Å². The Labute approximate surface area is 234 Å². The van der Waals surface area contributed by atoms with Crippen molar-refractivity contribution in [3.63, 3.8) is 0 Å². The summed E-state index contributed by atoms with van der Waals surface area (Å²) in [4.78, 5) is 31.6. The van der Waals surface area contributed by atoms with Crippen molar-refractivity contribution in [2.75, 3.05) is 19.6 Å². The van der Waals surface area contributed by atoms with Crippen molar-refractivity contribution < 1.29 is 14.3 Å². The van der Waals surface area contributed by atoms with Crippen LogP contribution in [0.4, 0.5) is 0 Å². The maximum Gasteiger partial charge on any atom is 0.245 e. The van der Waals surface area contributed by atoms with E-state index in [9.17, 15) is 9.59 Å². The molecule has 1 aliphatic carbocycles. The van der Waals surface area contributed by atoms with Gasteiger partial charge in [0.1, 0.15) is 23.6 Å². The van der Waals surface area contributed by atoms with Crippen LogP contribution in [0, 0.1) is 11.8 Å². The molecule has 2 aromatic carbocycles. The first kappa shape index (κ1) is 27.7. The number of hydrogen-bond donors (Lipinski definition) is 1. The highest BCUT2D eigenvalue weighted by molar-refractivity contribution is 5.97. The molecule has 0 aromatic heterocycles. The second-order valence-electron chi connectivity index (χ2n) is 11.8. The zero-order valence-corrected chi connectivity index (χ0v) is 23.5. The zero-order chi connectivity index (χ0) is 27.0. The van der Waals surface area contributed by atoms with E-state index in [0.717, 1.165) is 63.2 Å². The van der Waals surface area contributed by atoms with Crippen LogP contribution in [0.2, 0.25) is 0 Å². The van der Waals surface area contributed by atoms with Gasteiger partial charge in [0, 0.05) is 13.1 Å². The quantitative estimate of drug-likeness (QED) is 0.399. The molecule has 2 amide bonds. The molecule has 2 aliphatic heterocycles. The lowest BCUT2D eigenvalue weighted by Crippen LogP contribution is -2.66. The topological polar surface area (TPSA) is 61.9 Å². The average molecular weight is 532 g/mol. The van der Waals surface area contributed by atoms with Crippen molar-refractivity contribution in [2.45, 2.75) is 89.8 Å². The largest absolute Gasteiger partial charge is 0.457 e. The molecule has 3 aliphatic rings. The number of likely N-dealkylation sites (tertiary alicyclic amines) is 1. The predicted octanol–water partition coefficient (Wildman–Crippen LogP) is 6.16. The minimum Gasteiger partial charge on any atom is -0.457 e.